The first-order chi connectivity index (χ1) is 8.11. The molecule has 1 aromatic rings. The molecule has 1 saturated carbocycles. The largest absolute Gasteiger partial charge is 0.477 e. The topological polar surface area (TPSA) is 45.5 Å². The SMILES string of the molecule is CCN(CCn1cc(Cl)cc1C(=O)O)C1CC1. The molecule has 1 heterocycles. The Morgan fingerprint density at radius 2 is 2.35 bits per heavy atom. The number of nitrogens with zero attached hydrogens (tertiary/aromatic N) is 2. The molecule has 0 atom stereocenters. The Kier molecular flexibility index (Phi) is 3.74. The van der Waals surface area contributed by atoms with Crippen LogP contribution < -0.4 is 0 Å². The second-order valence-electron chi connectivity index (χ2n) is 4.40. The molecule has 1 fully saturated rings. The van der Waals surface area contributed by atoms with Gasteiger partial charge in [-0.05, 0) is 25.5 Å². The van der Waals surface area contributed by atoms with Crippen molar-refractivity contribution in [1.29, 1.82) is 0 Å². The van der Waals surface area contributed by atoms with Gasteiger partial charge in [-0.2, -0.15) is 0 Å². The Labute approximate surface area is 106 Å². The van der Waals surface area contributed by atoms with E-state index in [0.29, 0.717) is 17.6 Å². The van der Waals surface area contributed by atoms with E-state index >= 15 is 0 Å². The number of hydrogen-bond donors (Lipinski definition) is 1. The molecule has 0 radical (unpaired) electrons. The number of carbonyl (C=O) groups is 1. The molecule has 0 saturated heterocycles. The zero-order valence-corrected chi connectivity index (χ0v) is 10.7. The number of aromatic carboxylic acids is 1. The van der Waals surface area contributed by atoms with Crippen LogP contribution in [0.3, 0.4) is 0 Å². The monoisotopic (exact) mass is 256 g/mol. The predicted octanol–water partition coefficient (Wildman–Crippen LogP) is 2.32. The highest BCUT2D eigenvalue weighted by atomic mass is 35.5. The van der Waals surface area contributed by atoms with Crippen LogP contribution in [0.2, 0.25) is 5.02 Å². The fourth-order valence-corrected chi connectivity index (χ4v) is 2.33. The van der Waals surface area contributed by atoms with Gasteiger partial charge in [-0.25, -0.2) is 4.79 Å². The molecule has 0 spiro atoms. The summed E-state index contributed by atoms with van der Waals surface area (Å²) in [7, 11) is 0. The van der Waals surface area contributed by atoms with E-state index in [-0.39, 0.29) is 5.69 Å². The first-order valence-electron chi connectivity index (χ1n) is 5.95. The minimum absolute atomic E-state index is 0.266. The van der Waals surface area contributed by atoms with Crippen LogP contribution in [0.1, 0.15) is 30.3 Å². The van der Waals surface area contributed by atoms with E-state index in [1.54, 1.807) is 10.8 Å². The lowest BCUT2D eigenvalue weighted by Crippen LogP contribution is -2.29. The quantitative estimate of drug-likeness (QED) is 0.850. The van der Waals surface area contributed by atoms with Crippen molar-refractivity contribution >= 4 is 17.6 Å². The van der Waals surface area contributed by atoms with Gasteiger partial charge in [0.1, 0.15) is 5.69 Å². The van der Waals surface area contributed by atoms with E-state index < -0.39 is 5.97 Å². The third kappa shape index (κ3) is 3.01. The minimum Gasteiger partial charge on any atom is -0.477 e. The Hall–Kier alpha value is -1.00. The molecule has 0 unspecified atom stereocenters. The van der Waals surface area contributed by atoms with Crippen molar-refractivity contribution in [3.05, 3.63) is 23.0 Å². The highest BCUT2D eigenvalue weighted by Crippen LogP contribution is 2.26. The summed E-state index contributed by atoms with van der Waals surface area (Å²) >= 11 is 5.84. The van der Waals surface area contributed by atoms with Crippen LogP contribution in [-0.4, -0.2) is 39.7 Å². The first-order valence-corrected chi connectivity index (χ1v) is 6.32. The van der Waals surface area contributed by atoms with Crippen LogP contribution in [0.25, 0.3) is 0 Å². The maximum Gasteiger partial charge on any atom is 0.352 e. The number of aromatic nitrogens is 1. The first kappa shape index (κ1) is 12.5. The number of carboxylic acid groups (broad SMARTS) is 1. The van der Waals surface area contributed by atoms with E-state index in [1.165, 1.54) is 18.9 Å². The van der Waals surface area contributed by atoms with Gasteiger partial charge in [0.15, 0.2) is 0 Å². The summed E-state index contributed by atoms with van der Waals surface area (Å²) in [6, 6.07) is 2.21. The van der Waals surface area contributed by atoms with Crippen LogP contribution in [-0.2, 0) is 6.54 Å². The van der Waals surface area contributed by atoms with Crippen molar-refractivity contribution in [2.45, 2.75) is 32.4 Å². The summed E-state index contributed by atoms with van der Waals surface area (Å²) in [5.74, 6) is -0.925. The van der Waals surface area contributed by atoms with E-state index in [1.807, 2.05) is 0 Å². The summed E-state index contributed by atoms with van der Waals surface area (Å²) in [4.78, 5) is 13.4. The molecular weight excluding hydrogens is 240 g/mol. The predicted molar refractivity (Wildman–Crippen MR) is 66.7 cm³/mol. The molecule has 17 heavy (non-hydrogen) atoms. The maximum absolute atomic E-state index is 11.0. The van der Waals surface area contributed by atoms with Crippen molar-refractivity contribution < 1.29 is 9.90 Å². The Bertz CT molecular complexity index is 413. The maximum atomic E-state index is 11.0. The molecule has 4 nitrogen and oxygen atoms in total. The Morgan fingerprint density at radius 1 is 1.65 bits per heavy atom. The molecule has 1 aliphatic carbocycles. The van der Waals surface area contributed by atoms with E-state index in [9.17, 15) is 4.79 Å². The lowest BCUT2D eigenvalue weighted by atomic mass is 10.4. The molecular formula is C12H17ClN2O2. The van der Waals surface area contributed by atoms with Gasteiger partial charge in [0, 0.05) is 25.3 Å². The number of rotatable bonds is 6. The van der Waals surface area contributed by atoms with Crippen LogP contribution in [0.15, 0.2) is 12.3 Å². The summed E-state index contributed by atoms with van der Waals surface area (Å²) in [5.41, 5.74) is 0.266. The van der Waals surface area contributed by atoms with Crippen LogP contribution in [0.5, 0.6) is 0 Å². The number of halogens is 1. The molecule has 0 amide bonds. The summed E-state index contributed by atoms with van der Waals surface area (Å²) in [5, 5.41) is 9.51. The Morgan fingerprint density at radius 3 is 2.88 bits per heavy atom. The molecule has 1 N–H and O–H groups in total. The Balaban J connectivity index is 1.99. The number of hydrogen-bond acceptors (Lipinski definition) is 2. The standard InChI is InChI=1S/C12H17ClN2O2/c1-2-14(10-3-4-10)5-6-15-8-9(13)7-11(15)12(16)17/h7-8,10H,2-6H2,1H3,(H,16,17). The third-order valence-corrected chi connectivity index (χ3v) is 3.39. The third-order valence-electron chi connectivity index (χ3n) is 3.18. The molecule has 2 rings (SSSR count). The minimum atomic E-state index is -0.925. The van der Waals surface area contributed by atoms with Crippen molar-refractivity contribution in [1.82, 2.24) is 9.47 Å². The highest BCUT2D eigenvalue weighted by molar-refractivity contribution is 6.30. The van der Waals surface area contributed by atoms with Crippen LogP contribution in [0.4, 0.5) is 0 Å². The second kappa shape index (κ2) is 5.10. The van der Waals surface area contributed by atoms with Gasteiger partial charge < -0.3 is 9.67 Å². The summed E-state index contributed by atoms with van der Waals surface area (Å²) in [6.07, 6.45) is 4.23. The summed E-state index contributed by atoms with van der Waals surface area (Å²) < 4.78 is 1.72. The molecule has 1 aromatic heterocycles. The van der Waals surface area contributed by atoms with Crippen molar-refractivity contribution in [2.75, 3.05) is 13.1 Å². The van der Waals surface area contributed by atoms with Gasteiger partial charge >= 0.3 is 5.97 Å². The van der Waals surface area contributed by atoms with Gasteiger partial charge in [-0.1, -0.05) is 18.5 Å². The van der Waals surface area contributed by atoms with Crippen LogP contribution >= 0.6 is 11.6 Å². The van der Waals surface area contributed by atoms with Crippen molar-refractivity contribution in [3.8, 4) is 0 Å². The zero-order chi connectivity index (χ0) is 12.4. The molecule has 0 aliphatic heterocycles. The van der Waals surface area contributed by atoms with Gasteiger partial charge in [0.2, 0.25) is 0 Å². The molecule has 1 aliphatic rings. The van der Waals surface area contributed by atoms with Gasteiger partial charge in [0.05, 0.1) is 5.02 Å². The van der Waals surface area contributed by atoms with Gasteiger partial charge in [-0.15, -0.1) is 0 Å². The fraction of sp³-hybridized carbons (Fsp3) is 0.583. The molecule has 94 valence electrons. The molecule has 0 bridgehead atoms. The van der Waals surface area contributed by atoms with E-state index in [2.05, 4.69) is 11.8 Å². The summed E-state index contributed by atoms with van der Waals surface area (Å²) in [6.45, 7) is 4.71. The average Bonchev–Trinajstić information content (AvgIpc) is 3.03. The lowest BCUT2D eigenvalue weighted by Gasteiger charge is -2.20. The van der Waals surface area contributed by atoms with Gasteiger partial charge in [0.25, 0.3) is 0 Å². The highest BCUT2D eigenvalue weighted by Gasteiger charge is 2.27. The molecule has 5 heteroatoms. The van der Waals surface area contributed by atoms with E-state index in [0.717, 1.165) is 13.1 Å². The normalized spacial score (nSPS) is 15.5. The fourth-order valence-electron chi connectivity index (χ4n) is 2.11. The smallest absolute Gasteiger partial charge is 0.352 e. The van der Waals surface area contributed by atoms with Gasteiger partial charge in [-0.3, -0.25) is 4.90 Å². The molecule has 0 aromatic carbocycles. The lowest BCUT2D eigenvalue weighted by molar-refractivity contribution is 0.0684. The van der Waals surface area contributed by atoms with Crippen LogP contribution in [0, 0.1) is 0 Å². The number of likely N-dealkylation sites (N-methyl/N-ethyl adjacent to an activating group) is 1. The number of carboxylic acids is 1. The van der Waals surface area contributed by atoms with Crippen molar-refractivity contribution in [3.63, 3.8) is 0 Å². The van der Waals surface area contributed by atoms with Crippen molar-refractivity contribution in [2.24, 2.45) is 0 Å². The van der Waals surface area contributed by atoms with E-state index in [4.69, 9.17) is 16.7 Å². The average molecular weight is 257 g/mol. The zero-order valence-electron chi connectivity index (χ0n) is 9.90. The second-order valence-corrected chi connectivity index (χ2v) is 4.84.